The molecule has 1 aliphatic carbocycles. The van der Waals surface area contributed by atoms with Crippen LogP contribution in [0.3, 0.4) is 0 Å². The van der Waals surface area contributed by atoms with Gasteiger partial charge in [0, 0.05) is 19.1 Å². The van der Waals surface area contributed by atoms with E-state index in [0.717, 1.165) is 56.5 Å². The van der Waals surface area contributed by atoms with Crippen molar-refractivity contribution in [3.05, 3.63) is 0 Å². The average Bonchev–Trinajstić information content (AvgIpc) is 3.21. The molecule has 6 heteroatoms. The summed E-state index contributed by atoms with van der Waals surface area (Å²) >= 11 is 0. The molecule has 0 aromatic carbocycles. The highest BCUT2D eigenvalue weighted by Crippen LogP contribution is 2.30. The van der Waals surface area contributed by atoms with Gasteiger partial charge in [-0.15, -0.1) is 0 Å². The molecule has 0 spiro atoms. The molecule has 116 valence electrons. The van der Waals surface area contributed by atoms with Crippen LogP contribution in [0.5, 0.6) is 0 Å². The molecule has 0 atom stereocenters. The molecule has 6 nitrogen and oxygen atoms in total. The lowest BCUT2D eigenvalue weighted by atomic mass is 10.1. The lowest BCUT2D eigenvalue weighted by Crippen LogP contribution is -2.44. The van der Waals surface area contributed by atoms with Gasteiger partial charge in [0.1, 0.15) is 13.1 Å². The van der Waals surface area contributed by atoms with Gasteiger partial charge in [-0.1, -0.05) is 19.3 Å². The second kappa shape index (κ2) is 6.03. The van der Waals surface area contributed by atoms with Gasteiger partial charge in [-0.2, -0.15) is 0 Å². The molecule has 21 heavy (non-hydrogen) atoms. The van der Waals surface area contributed by atoms with Gasteiger partial charge in [0.25, 0.3) is 5.91 Å². The number of hydrogen-bond acceptors (Lipinski definition) is 3. The van der Waals surface area contributed by atoms with Crippen molar-refractivity contribution in [2.24, 2.45) is 0 Å². The van der Waals surface area contributed by atoms with Gasteiger partial charge in [0.05, 0.1) is 0 Å². The number of carbonyl (C=O) groups is 3. The van der Waals surface area contributed by atoms with Crippen LogP contribution in [-0.2, 0) is 9.59 Å². The molecule has 3 aliphatic rings. The number of amides is 4. The first-order chi connectivity index (χ1) is 10.2. The van der Waals surface area contributed by atoms with Gasteiger partial charge in [-0.25, -0.2) is 4.79 Å². The summed E-state index contributed by atoms with van der Waals surface area (Å²) in [4.78, 5) is 41.1. The van der Waals surface area contributed by atoms with Crippen LogP contribution < -0.4 is 0 Å². The van der Waals surface area contributed by atoms with Gasteiger partial charge >= 0.3 is 6.03 Å². The SMILES string of the molecule is O=C(CN1C(=O)CN(C2CC2)C1=O)N1CCCCCCC1. The van der Waals surface area contributed by atoms with Gasteiger partial charge < -0.3 is 9.80 Å². The number of nitrogens with zero attached hydrogens (tertiary/aromatic N) is 3. The highest BCUT2D eigenvalue weighted by molar-refractivity contribution is 6.04. The number of likely N-dealkylation sites (tertiary alicyclic amines) is 1. The van der Waals surface area contributed by atoms with Gasteiger partial charge in [0.2, 0.25) is 5.91 Å². The second-order valence-corrected chi connectivity index (χ2v) is 6.27. The number of urea groups is 1. The molecular weight excluding hydrogens is 270 g/mol. The van der Waals surface area contributed by atoms with E-state index in [1.165, 1.54) is 6.42 Å². The molecule has 2 heterocycles. The Morgan fingerprint density at radius 3 is 2.24 bits per heavy atom. The highest BCUT2D eigenvalue weighted by atomic mass is 16.2. The third-order valence-electron chi connectivity index (χ3n) is 4.57. The number of imide groups is 1. The summed E-state index contributed by atoms with van der Waals surface area (Å²) < 4.78 is 0. The van der Waals surface area contributed by atoms with Gasteiger partial charge in [0.15, 0.2) is 0 Å². The maximum Gasteiger partial charge on any atom is 0.327 e. The predicted molar refractivity (Wildman–Crippen MR) is 76.5 cm³/mol. The van der Waals surface area contributed by atoms with Crippen molar-refractivity contribution in [1.82, 2.24) is 14.7 Å². The molecule has 0 aromatic rings. The summed E-state index contributed by atoms with van der Waals surface area (Å²) in [6.45, 7) is 1.57. The molecule has 0 unspecified atom stereocenters. The quantitative estimate of drug-likeness (QED) is 0.735. The Morgan fingerprint density at radius 1 is 1.00 bits per heavy atom. The predicted octanol–water partition coefficient (Wildman–Crippen LogP) is 1.21. The summed E-state index contributed by atoms with van der Waals surface area (Å²) in [5.41, 5.74) is 0. The maximum absolute atomic E-state index is 12.4. The maximum atomic E-state index is 12.4. The number of hydrogen-bond donors (Lipinski definition) is 0. The first-order valence-corrected chi connectivity index (χ1v) is 8.05. The first-order valence-electron chi connectivity index (χ1n) is 8.05. The van der Waals surface area contributed by atoms with Crippen LogP contribution >= 0.6 is 0 Å². The fraction of sp³-hybridized carbons (Fsp3) is 0.800. The molecule has 0 radical (unpaired) electrons. The Balaban J connectivity index is 1.58. The summed E-state index contributed by atoms with van der Waals surface area (Å²) in [6, 6.07) is -0.0499. The monoisotopic (exact) mass is 293 g/mol. The Hall–Kier alpha value is -1.59. The smallest absolute Gasteiger partial charge is 0.327 e. The number of rotatable bonds is 3. The third-order valence-corrected chi connectivity index (χ3v) is 4.57. The van der Waals surface area contributed by atoms with Crippen molar-refractivity contribution in [1.29, 1.82) is 0 Å². The van der Waals surface area contributed by atoms with E-state index in [-0.39, 0.29) is 37.0 Å². The van der Waals surface area contributed by atoms with Gasteiger partial charge in [-0.05, 0) is 25.7 Å². The van der Waals surface area contributed by atoms with Crippen LogP contribution in [0, 0.1) is 0 Å². The molecular formula is C15H23N3O3. The van der Waals surface area contributed by atoms with Crippen molar-refractivity contribution < 1.29 is 14.4 Å². The molecule has 4 amide bonds. The highest BCUT2D eigenvalue weighted by Gasteiger charge is 2.44. The Morgan fingerprint density at radius 2 is 1.62 bits per heavy atom. The largest absolute Gasteiger partial charge is 0.341 e. The second-order valence-electron chi connectivity index (χ2n) is 6.27. The summed E-state index contributed by atoms with van der Waals surface area (Å²) in [5.74, 6) is -0.316. The van der Waals surface area contributed by atoms with Crippen molar-refractivity contribution in [2.45, 2.75) is 51.0 Å². The molecule has 0 bridgehead atoms. The first kappa shape index (κ1) is 14.4. The van der Waals surface area contributed by atoms with Crippen LogP contribution in [0.15, 0.2) is 0 Å². The van der Waals surface area contributed by atoms with Crippen molar-refractivity contribution >= 4 is 17.8 Å². The third kappa shape index (κ3) is 3.19. The van der Waals surface area contributed by atoms with E-state index in [1.807, 2.05) is 4.90 Å². The van der Waals surface area contributed by atoms with E-state index in [2.05, 4.69) is 0 Å². The zero-order valence-corrected chi connectivity index (χ0v) is 12.4. The normalized spacial score (nSPS) is 24.3. The summed E-state index contributed by atoms with van der Waals surface area (Å²) in [6.07, 6.45) is 7.53. The Labute approximate surface area is 125 Å². The van der Waals surface area contributed by atoms with E-state index in [1.54, 1.807) is 4.90 Å². The molecule has 0 N–H and O–H groups in total. The minimum absolute atomic E-state index is 0.0825. The molecule has 0 aromatic heterocycles. The Bertz CT molecular complexity index is 439. The topological polar surface area (TPSA) is 60.9 Å². The van der Waals surface area contributed by atoms with E-state index in [9.17, 15) is 14.4 Å². The lowest BCUT2D eigenvalue weighted by molar-refractivity contribution is -0.136. The van der Waals surface area contributed by atoms with Crippen LogP contribution in [0.4, 0.5) is 4.79 Å². The summed E-state index contributed by atoms with van der Waals surface area (Å²) in [7, 11) is 0. The standard InChI is InChI=1S/C15H23N3O3/c19-13(16-8-4-2-1-3-5-9-16)10-18-14(20)11-17(15(18)21)12-6-7-12/h12H,1-11H2. The van der Waals surface area contributed by atoms with Crippen LogP contribution in [0.1, 0.15) is 44.9 Å². The average molecular weight is 293 g/mol. The molecule has 3 fully saturated rings. The zero-order valence-electron chi connectivity index (χ0n) is 12.4. The fourth-order valence-corrected chi connectivity index (χ4v) is 3.12. The van der Waals surface area contributed by atoms with Gasteiger partial charge in [-0.3, -0.25) is 14.5 Å². The van der Waals surface area contributed by atoms with Crippen LogP contribution in [0.2, 0.25) is 0 Å². The molecule has 2 saturated heterocycles. The van der Waals surface area contributed by atoms with Crippen molar-refractivity contribution in [2.75, 3.05) is 26.2 Å². The van der Waals surface area contributed by atoms with E-state index in [4.69, 9.17) is 0 Å². The fourth-order valence-electron chi connectivity index (χ4n) is 3.12. The molecule has 3 rings (SSSR count). The minimum Gasteiger partial charge on any atom is -0.341 e. The van der Waals surface area contributed by atoms with E-state index >= 15 is 0 Å². The number of carbonyl (C=O) groups excluding carboxylic acids is 3. The van der Waals surface area contributed by atoms with Crippen LogP contribution in [0.25, 0.3) is 0 Å². The summed E-state index contributed by atoms with van der Waals surface area (Å²) in [5, 5.41) is 0. The Kier molecular flexibility index (Phi) is 4.12. The van der Waals surface area contributed by atoms with E-state index < -0.39 is 0 Å². The molecule has 2 aliphatic heterocycles. The zero-order chi connectivity index (χ0) is 14.8. The molecule has 1 saturated carbocycles. The van der Waals surface area contributed by atoms with Crippen LogP contribution in [-0.4, -0.2) is 64.8 Å². The van der Waals surface area contributed by atoms with Crippen molar-refractivity contribution in [3.63, 3.8) is 0 Å². The minimum atomic E-state index is -0.275. The van der Waals surface area contributed by atoms with E-state index in [0.29, 0.717) is 0 Å². The van der Waals surface area contributed by atoms with Crippen molar-refractivity contribution in [3.8, 4) is 0 Å². The lowest BCUT2D eigenvalue weighted by Gasteiger charge is -2.26.